The second-order valence-electron chi connectivity index (χ2n) is 9.94. The van der Waals surface area contributed by atoms with Crippen molar-refractivity contribution in [3.63, 3.8) is 0 Å². The van der Waals surface area contributed by atoms with Crippen LogP contribution in [0.3, 0.4) is 0 Å². The molecule has 0 fully saturated rings. The second kappa shape index (κ2) is 10.6. The molecule has 8 heteroatoms. The van der Waals surface area contributed by atoms with E-state index in [1.165, 1.54) is 29.1 Å². The van der Waals surface area contributed by atoms with E-state index < -0.39 is 11.4 Å². The summed E-state index contributed by atoms with van der Waals surface area (Å²) in [5.74, 6) is -0.190. The number of nitrogens with zero attached hydrogens (tertiary/aromatic N) is 2. The summed E-state index contributed by atoms with van der Waals surface area (Å²) in [5, 5.41) is 2.71. The van der Waals surface area contributed by atoms with Crippen LogP contribution in [-0.2, 0) is 11.2 Å². The third-order valence-corrected chi connectivity index (χ3v) is 7.81. The molecule has 2 heterocycles. The van der Waals surface area contributed by atoms with E-state index in [4.69, 9.17) is 16.3 Å². The molecule has 2 aromatic carbocycles. The maximum absolute atomic E-state index is 13.7. The van der Waals surface area contributed by atoms with Crippen LogP contribution in [0, 0.1) is 12.7 Å². The molecule has 1 atom stereocenters. The molecule has 1 unspecified atom stereocenters. The molecule has 36 heavy (non-hydrogen) atoms. The minimum Gasteiger partial charge on any atom is -0.491 e. The van der Waals surface area contributed by atoms with Crippen molar-refractivity contribution in [2.24, 2.45) is 0 Å². The Labute approximate surface area is 220 Å². The molecule has 0 spiro atoms. The molecule has 0 bridgehead atoms. The third kappa shape index (κ3) is 5.73. The fourth-order valence-corrected chi connectivity index (χ4v) is 5.39. The molecule has 1 aliphatic heterocycles. The molecule has 1 aliphatic rings. The van der Waals surface area contributed by atoms with Crippen LogP contribution in [0.4, 0.5) is 4.39 Å². The fraction of sp³-hybridized carbons (Fsp3) is 0.357. The standard InChI is InChI=1S/C28H30ClFN2O3S/c1-18-15-21(9-10-23(18)29)35-17-24-22-12-14-36-25(22)11-13-31(24)26(33)16-32(28(2,3)4)27(34)19-5-7-20(30)8-6-19/h5-10,12,14-15,24H,11,13,16-17H2,1-4H3. The van der Waals surface area contributed by atoms with E-state index in [0.29, 0.717) is 22.9 Å². The number of hydrogen-bond donors (Lipinski definition) is 0. The Morgan fingerprint density at radius 2 is 1.89 bits per heavy atom. The quantitative estimate of drug-likeness (QED) is 0.377. The Bertz CT molecular complexity index is 1250. The maximum atomic E-state index is 13.7. The first-order chi connectivity index (χ1) is 17.0. The van der Waals surface area contributed by atoms with Gasteiger partial charge in [0.2, 0.25) is 5.91 Å². The lowest BCUT2D eigenvalue weighted by Gasteiger charge is -2.40. The lowest BCUT2D eigenvalue weighted by atomic mass is 9.99. The normalized spacial score (nSPS) is 15.4. The molecule has 0 N–H and O–H groups in total. The summed E-state index contributed by atoms with van der Waals surface area (Å²) in [6, 6.07) is 12.7. The van der Waals surface area contributed by atoms with Crippen molar-refractivity contribution in [1.29, 1.82) is 0 Å². The van der Waals surface area contributed by atoms with Crippen molar-refractivity contribution in [2.75, 3.05) is 19.7 Å². The maximum Gasteiger partial charge on any atom is 0.254 e. The van der Waals surface area contributed by atoms with Gasteiger partial charge >= 0.3 is 0 Å². The van der Waals surface area contributed by atoms with Crippen molar-refractivity contribution < 1.29 is 18.7 Å². The number of rotatable bonds is 6. The van der Waals surface area contributed by atoms with Gasteiger partial charge in [0.1, 0.15) is 24.7 Å². The van der Waals surface area contributed by atoms with Crippen LogP contribution in [0.25, 0.3) is 0 Å². The number of thiophene rings is 1. The minimum absolute atomic E-state index is 0.0876. The van der Waals surface area contributed by atoms with Gasteiger partial charge in [0.25, 0.3) is 5.91 Å². The molecule has 0 radical (unpaired) electrons. The highest BCUT2D eigenvalue weighted by Gasteiger charge is 2.36. The lowest BCUT2D eigenvalue weighted by molar-refractivity contribution is -0.136. The third-order valence-electron chi connectivity index (χ3n) is 6.39. The Morgan fingerprint density at radius 1 is 1.17 bits per heavy atom. The van der Waals surface area contributed by atoms with E-state index >= 15 is 0 Å². The van der Waals surface area contributed by atoms with Gasteiger partial charge in [-0.05, 0) is 99.2 Å². The van der Waals surface area contributed by atoms with E-state index in [9.17, 15) is 14.0 Å². The first-order valence-corrected chi connectivity index (χ1v) is 13.1. The summed E-state index contributed by atoms with van der Waals surface area (Å²) in [6.45, 7) is 8.33. The Morgan fingerprint density at radius 3 is 2.56 bits per heavy atom. The van der Waals surface area contributed by atoms with Crippen molar-refractivity contribution >= 4 is 34.8 Å². The average Bonchev–Trinajstić information content (AvgIpc) is 3.31. The molecular weight excluding hydrogens is 499 g/mol. The lowest BCUT2D eigenvalue weighted by Crippen LogP contribution is -2.53. The molecule has 190 valence electrons. The van der Waals surface area contributed by atoms with E-state index in [1.54, 1.807) is 22.3 Å². The summed E-state index contributed by atoms with van der Waals surface area (Å²) >= 11 is 7.84. The molecule has 0 saturated carbocycles. The van der Waals surface area contributed by atoms with Gasteiger partial charge in [-0.2, -0.15) is 0 Å². The van der Waals surface area contributed by atoms with Gasteiger partial charge in [0, 0.05) is 27.5 Å². The summed E-state index contributed by atoms with van der Waals surface area (Å²) in [4.78, 5) is 31.6. The summed E-state index contributed by atoms with van der Waals surface area (Å²) < 4.78 is 19.5. The zero-order chi connectivity index (χ0) is 26.0. The number of hydrogen-bond acceptors (Lipinski definition) is 4. The van der Waals surface area contributed by atoms with Crippen LogP contribution in [0.2, 0.25) is 5.02 Å². The molecule has 3 aromatic rings. The number of aryl methyl sites for hydroxylation is 1. The molecule has 0 aliphatic carbocycles. The van der Waals surface area contributed by atoms with Gasteiger partial charge in [0.15, 0.2) is 0 Å². The van der Waals surface area contributed by atoms with Gasteiger partial charge in [-0.1, -0.05) is 11.6 Å². The molecule has 0 saturated heterocycles. The summed E-state index contributed by atoms with van der Waals surface area (Å²) in [5.41, 5.74) is 1.73. The van der Waals surface area contributed by atoms with Gasteiger partial charge < -0.3 is 14.5 Å². The first-order valence-electron chi connectivity index (χ1n) is 11.9. The molecule has 4 rings (SSSR count). The van der Waals surface area contributed by atoms with E-state index in [1.807, 2.05) is 56.2 Å². The van der Waals surface area contributed by atoms with Gasteiger partial charge in [-0.3, -0.25) is 9.59 Å². The zero-order valence-electron chi connectivity index (χ0n) is 20.9. The van der Waals surface area contributed by atoms with Crippen LogP contribution >= 0.6 is 22.9 Å². The molecule has 5 nitrogen and oxygen atoms in total. The van der Waals surface area contributed by atoms with E-state index in [-0.39, 0.29) is 31.0 Å². The zero-order valence-corrected chi connectivity index (χ0v) is 22.5. The van der Waals surface area contributed by atoms with Crippen LogP contribution in [0.1, 0.15) is 53.2 Å². The Hall–Kier alpha value is -2.90. The molecule has 1 aromatic heterocycles. The number of carbonyl (C=O) groups is 2. The number of ether oxygens (including phenoxy) is 1. The highest BCUT2D eigenvalue weighted by Crippen LogP contribution is 2.34. The summed E-state index contributed by atoms with van der Waals surface area (Å²) in [6.07, 6.45) is 0.761. The minimum atomic E-state index is -0.614. The first kappa shape index (κ1) is 26.2. The monoisotopic (exact) mass is 528 g/mol. The van der Waals surface area contributed by atoms with Gasteiger partial charge in [-0.15, -0.1) is 11.3 Å². The average molecular weight is 529 g/mol. The van der Waals surface area contributed by atoms with Crippen LogP contribution in [0.15, 0.2) is 53.9 Å². The largest absolute Gasteiger partial charge is 0.491 e. The molecular formula is C28H30ClFN2O3S. The Balaban J connectivity index is 1.56. The fourth-order valence-electron chi connectivity index (χ4n) is 4.34. The van der Waals surface area contributed by atoms with E-state index in [2.05, 4.69) is 0 Å². The topological polar surface area (TPSA) is 49.9 Å². The smallest absolute Gasteiger partial charge is 0.254 e. The number of benzene rings is 2. The number of fused-ring (bicyclic) bond motifs is 1. The highest BCUT2D eigenvalue weighted by molar-refractivity contribution is 7.10. The van der Waals surface area contributed by atoms with Crippen LogP contribution in [-0.4, -0.2) is 46.8 Å². The van der Waals surface area contributed by atoms with Gasteiger partial charge in [-0.25, -0.2) is 4.39 Å². The number of halogens is 2. The SMILES string of the molecule is Cc1cc(OCC2c3ccsc3CCN2C(=O)CN(C(=O)c2ccc(F)cc2)C(C)(C)C)ccc1Cl. The van der Waals surface area contributed by atoms with Crippen molar-refractivity contribution in [1.82, 2.24) is 9.80 Å². The van der Waals surface area contributed by atoms with Crippen molar-refractivity contribution in [3.05, 3.63) is 86.3 Å². The van der Waals surface area contributed by atoms with Crippen molar-refractivity contribution in [3.8, 4) is 5.75 Å². The number of amides is 2. The van der Waals surface area contributed by atoms with Gasteiger partial charge in [0.05, 0.1) is 6.04 Å². The van der Waals surface area contributed by atoms with Crippen molar-refractivity contribution in [2.45, 2.75) is 45.7 Å². The predicted octanol–water partition coefficient (Wildman–Crippen LogP) is 6.29. The second-order valence-corrected chi connectivity index (χ2v) is 11.4. The Kier molecular flexibility index (Phi) is 7.71. The van der Waals surface area contributed by atoms with Crippen LogP contribution < -0.4 is 4.74 Å². The van der Waals surface area contributed by atoms with E-state index in [0.717, 1.165) is 17.5 Å². The number of carbonyl (C=O) groups excluding carboxylic acids is 2. The summed E-state index contributed by atoms with van der Waals surface area (Å²) in [7, 11) is 0. The highest BCUT2D eigenvalue weighted by atomic mass is 35.5. The van der Waals surface area contributed by atoms with Crippen LogP contribution in [0.5, 0.6) is 5.75 Å². The predicted molar refractivity (Wildman–Crippen MR) is 141 cm³/mol. The molecule has 2 amide bonds.